The van der Waals surface area contributed by atoms with Gasteiger partial charge in [0.2, 0.25) is 0 Å². The fraction of sp³-hybridized carbons (Fsp3) is 0.0769. The number of nitrogens with two attached hydrogens (primary N) is 1. The Kier molecular flexibility index (Phi) is 2.68. The summed E-state index contributed by atoms with van der Waals surface area (Å²) in [6.07, 6.45) is 2.11. The number of thiophene rings is 1. The topological polar surface area (TPSA) is 30.9 Å². The van der Waals surface area contributed by atoms with Gasteiger partial charge in [-0.15, -0.1) is 11.3 Å². The zero-order valence-electron chi connectivity index (χ0n) is 9.06. The Morgan fingerprint density at radius 2 is 2.12 bits per heavy atom. The van der Waals surface area contributed by atoms with Gasteiger partial charge in [0.25, 0.3) is 0 Å². The van der Waals surface area contributed by atoms with Crippen LogP contribution in [0.1, 0.15) is 4.88 Å². The number of hydrogen-bond acceptors (Lipinski definition) is 2. The van der Waals surface area contributed by atoms with Crippen LogP contribution in [0.15, 0.2) is 46.4 Å². The van der Waals surface area contributed by atoms with Gasteiger partial charge in [0, 0.05) is 32.1 Å². The van der Waals surface area contributed by atoms with E-state index in [1.807, 2.05) is 12.1 Å². The van der Waals surface area contributed by atoms with E-state index in [0.717, 1.165) is 12.2 Å². The van der Waals surface area contributed by atoms with Crippen molar-refractivity contribution in [3.8, 4) is 0 Å². The smallest absolute Gasteiger partial charge is 0.0580 e. The molecule has 0 aliphatic rings. The Morgan fingerprint density at radius 1 is 1.24 bits per heavy atom. The van der Waals surface area contributed by atoms with Gasteiger partial charge in [-0.1, -0.05) is 0 Å². The predicted octanol–water partition coefficient (Wildman–Crippen LogP) is 4.10. The molecule has 17 heavy (non-hydrogen) atoms. The van der Waals surface area contributed by atoms with Crippen molar-refractivity contribution in [3.05, 3.63) is 51.3 Å². The Morgan fingerprint density at radius 3 is 2.88 bits per heavy atom. The normalized spacial score (nSPS) is 11.1. The lowest BCUT2D eigenvalue weighted by Crippen LogP contribution is -1.96. The summed E-state index contributed by atoms with van der Waals surface area (Å²) < 4.78 is 3.42. The number of rotatable bonds is 2. The van der Waals surface area contributed by atoms with Gasteiger partial charge in [0.05, 0.1) is 6.54 Å². The Labute approximate surface area is 112 Å². The molecule has 0 aliphatic carbocycles. The van der Waals surface area contributed by atoms with E-state index < -0.39 is 0 Å². The molecule has 0 bridgehead atoms. The molecule has 4 heteroatoms. The monoisotopic (exact) mass is 306 g/mol. The average Bonchev–Trinajstić information content (AvgIpc) is 2.87. The van der Waals surface area contributed by atoms with Crippen molar-refractivity contribution in [1.29, 1.82) is 0 Å². The van der Waals surface area contributed by atoms with E-state index in [4.69, 9.17) is 5.73 Å². The van der Waals surface area contributed by atoms with Crippen LogP contribution in [0.4, 0.5) is 5.69 Å². The molecule has 0 spiro atoms. The maximum absolute atomic E-state index is 5.78. The molecule has 3 rings (SSSR count). The van der Waals surface area contributed by atoms with E-state index >= 15 is 0 Å². The van der Waals surface area contributed by atoms with Gasteiger partial charge in [-0.3, -0.25) is 0 Å². The molecule has 0 fully saturated rings. The van der Waals surface area contributed by atoms with Gasteiger partial charge in [-0.05, 0) is 51.6 Å². The van der Waals surface area contributed by atoms with Gasteiger partial charge < -0.3 is 10.3 Å². The minimum absolute atomic E-state index is 0.813. The third-order valence-electron chi connectivity index (χ3n) is 2.80. The second-order valence-electron chi connectivity index (χ2n) is 3.95. The molecule has 0 saturated heterocycles. The molecule has 1 aromatic carbocycles. The lowest BCUT2D eigenvalue weighted by molar-refractivity contribution is 0.848. The molecule has 0 saturated carbocycles. The van der Waals surface area contributed by atoms with Gasteiger partial charge in [-0.2, -0.15) is 0 Å². The van der Waals surface area contributed by atoms with Crippen LogP contribution in [0.25, 0.3) is 10.9 Å². The molecule has 2 nitrogen and oxygen atoms in total. The summed E-state index contributed by atoms with van der Waals surface area (Å²) in [5.41, 5.74) is 7.81. The molecule has 0 aliphatic heterocycles. The number of nitrogens with zero attached hydrogens (tertiary/aromatic N) is 1. The zero-order valence-corrected chi connectivity index (χ0v) is 11.5. The standard InChI is InChI=1S/C13H11BrN2S/c14-11-4-6-17-13(11)8-16-5-3-9-7-10(15)1-2-12(9)16/h1-7H,8,15H2. The van der Waals surface area contributed by atoms with Crippen LogP contribution >= 0.6 is 27.3 Å². The number of nitrogen functional groups attached to an aromatic ring is 1. The van der Waals surface area contributed by atoms with E-state index in [0.29, 0.717) is 0 Å². The molecule has 0 atom stereocenters. The average molecular weight is 307 g/mol. The van der Waals surface area contributed by atoms with Crippen LogP contribution in [-0.4, -0.2) is 4.57 Å². The summed E-state index contributed by atoms with van der Waals surface area (Å²) in [6.45, 7) is 0.895. The van der Waals surface area contributed by atoms with Gasteiger partial charge in [-0.25, -0.2) is 0 Å². The molecule has 0 radical (unpaired) electrons. The fourth-order valence-corrected chi connectivity index (χ4v) is 3.42. The second kappa shape index (κ2) is 4.20. The quantitative estimate of drug-likeness (QED) is 0.710. The summed E-state index contributed by atoms with van der Waals surface area (Å²) in [4.78, 5) is 1.33. The molecular formula is C13H11BrN2S. The SMILES string of the molecule is Nc1ccc2c(ccn2Cc2sccc2Br)c1. The van der Waals surface area contributed by atoms with Crippen molar-refractivity contribution in [2.24, 2.45) is 0 Å². The summed E-state index contributed by atoms with van der Waals surface area (Å²) >= 11 is 5.33. The van der Waals surface area contributed by atoms with Gasteiger partial charge in [0.1, 0.15) is 0 Å². The highest BCUT2D eigenvalue weighted by Gasteiger charge is 2.05. The second-order valence-corrected chi connectivity index (χ2v) is 5.81. The number of benzene rings is 1. The summed E-state index contributed by atoms with van der Waals surface area (Å²) in [7, 11) is 0. The van der Waals surface area contributed by atoms with E-state index in [2.05, 4.69) is 50.3 Å². The van der Waals surface area contributed by atoms with Crippen molar-refractivity contribution in [2.75, 3.05) is 5.73 Å². The lowest BCUT2D eigenvalue weighted by Gasteiger charge is -2.04. The largest absolute Gasteiger partial charge is 0.399 e. The Balaban J connectivity index is 2.04. The minimum Gasteiger partial charge on any atom is -0.399 e. The molecule has 86 valence electrons. The Bertz CT molecular complexity index is 669. The van der Waals surface area contributed by atoms with Crippen molar-refractivity contribution in [3.63, 3.8) is 0 Å². The molecule has 0 amide bonds. The first-order chi connectivity index (χ1) is 8.24. The van der Waals surface area contributed by atoms with Crippen molar-refractivity contribution >= 4 is 43.9 Å². The first kappa shape index (κ1) is 10.9. The summed E-state index contributed by atoms with van der Waals surface area (Å²) in [6, 6.07) is 10.2. The zero-order chi connectivity index (χ0) is 11.8. The number of anilines is 1. The highest BCUT2D eigenvalue weighted by Crippen LogP contribution is 2.26. The van der Waals surface area contributed by atoms with Crippen LogP contribution in [0.5, 0.6) is 0 Å². The summed E-state index contributed by atoms with van der Waals surface area (Å²) in [5.74, 6) is 0. The molecule has 0 unspecified atom stereocenters. The third-order valence-corrected chi connectivity index (χ3v) is 4.71. The van der Waals surface area contributed by atoms with Crippen LogP contribution in [0.2, 0.25) is 0 Å². The molecule has 2 N–H and O–H groups in total. The third kappa shape index (κ3) is 1.98. The van der Waals surface area contributed by atoms with E-state index in [1.165, 1.54) is 20.3 Å². The first-order valence-electron chi connectivity index (χ1n) is 5.30. The van der Waals surface area contributed by atoms with Crippen LogP contribution in [0, 0.1) is 0 Å². The number of fused-ring (bicyclic) bond motifs is 1. The van der Waals surface area contributed by atoms with E-state index in [9.17, 15) is 0 Å². The first-order valence-corrected chi connectivity index (χ1v) is 6.97. The molecule has 2 aromatic heterocycles. The molecule has 3 aromatic rings. The molecular weight excluding hydrogens is 296 g/mol. The van der Waals surface area contributed by atoms with Gasteiger partial charge >= 0.3 is 0 Å². The number of aromatic nitrogens is 1. The van der Waals surface area contributed by atoms with Crippen LogP contribution in [0.3, 0.4) is 0 Å². The fourth-order valence-electron chi connectivity index (χ4n) is 1.95. The number of hydrogen-bond donors (Lipinski definition) is 1. The predicted molar refractivity (Wildman–Crippen MR) is 77.5 cm³/mol. The maximum Gasteiger partial charge on any atom is 0.0580 e. The minimum atomic E-state index is 0.813. The van der Waals surface area contributed by atoms with E-state index in [-0.39, 0.29) is 0 Å². The van der Waals surface area contributed by atoms with E-state index in [1.54, 1.807) is 11.3 Å². The maximum atomic E-state index is 5.78. The lowest BCUT2D eigenvalue weighted by atomic mass is 10.2. The number of halogens is 1. The molecule has 2 heterocycles. The van der Waals surface area contributed by atoms with Crippen molar-refractivity contribution in [1.82, 2.24) is 4.57 Å². The van der Waals surface area contributed by atoms with Gasteiger partial charge in [0.15, 0.2) is 0 Å². The summed E-state index contributed by atoms with van der Waals surface area (Å²) in [5, 5.41) is 3.29. The Hall–Kier alpha value is -1.26. The van der Waals surface area contributed by atoms with Crippen molar-refractivity contribution in [2.45, 2.75) is 6.54 Å². The van der Waals surface area contributed by atoms with Crippen molar-refractivity contribution < 1.29 is 0 Å². The van der Waals surface area contributed by atoms with Crippen LogP contribution < -0.4 is 5.73 Å². The highest BCUT2D eigenvalue weighted by molar-refractivity contribution is 9.10. The van der Waals surface area contributed by atoms with Crippen LogP contribution in [-0.2, 0) is 6.54 Å². The highest BCUT2D eigenvalue weighted by atomic mass is 79.9.